The van der Waals surface area contributed by atoms with Gasteiger partial charge in [-0.05, 0) is 24.6 Å². The van der Waals surface area contributed by atoms with Crippen LogP contribution in [0.5, 0.6) is 5.75 Å². The van der Waals surface area contributed by atoms with Crippen LogP contribution < -0.4 is 4.74 Å². The lowest BCUT2D eigenvalue weighted by molar-refractivity contribution is 0.0918. The number of rotatable bonds is 6. The van der Waals surface area contributed by atoms with E-state index in [1.54, 1.807) is 0 Å². The van der Waals surface area contributed by atoms with Crippen molar-refractivity contribution in [2.75, 3.05) is 39.3 Å². The average Bonchev–Trinajstić information content (AvgIpc) is 2.63. The van der Waals surface area contributed by atoms with E-state index in [9.17, 15) is 0 Å². The molecule has 0 bridgehead atoms. The third-order valence-corrected chi connectivity index (χ3v) is 4.66. The highest BCUT2D eigenvalue weighted by molar-refractivity contribution is 5.21. The van der Waals surface area contributed by atoms with Gasteiger partial charge in [0.25, 0.3) is 0 Å². The van der Waals surface area contributed by atoms with Crippen LogP contribution in [0.2, 0.25) is 0 Å². The molecule has 0 spiro atoms. The summed E-state index contributed by atoms with van der Waals surface area (Å²) < 4.78 is 5.80. The molecular formula is C20H26N2O. The van der Waals surface area contributed by atoms with Gasteiger partial charge < -0.3 is 4.74 Å². The first-order valence-electron chi connectivity index (χ1n) is 8.52. The van der Waals surface area contributed by atoms with Crippen LogP contribution >= 0.6 is 0 Å². The summed E-state index contributed by atoms with van der Waals surface area (Å²) in [5.74, 6) is 0.962. The molecule has 2 aromatic carbocycles. The molecule has 0 N–H and O–H groups in total. The zero-order valence-electron chi connectivity index (χ0n) is 13.9. The van der Waals surface area contributed by atoms with Crippen LogP contribution in [0.4, 0.5) is 0 Å². The Kier molecular flexibility index (Phi) is 5.67. The molecule has 1 heterocycles. The van der Waals surface area contributed by atoms with E-state index in [-0.39, 0.29) is 0 Å². The third-order valence-electron chi connectivity index (χ3n) is 4.66. The topological polar surface area (TPSA) is 15.7 Å². The number of para-hydroxylation sites is 1. The van der Waals surface area contributed by atoms with E-state index in [0.717, 1.165) is 45.1 Å². The van der Waals surface area contributed by atoms with E-state index in [0.29, 0.717) is 6.04 Å². The maximum atomic E-state index is 5.80. The quantitative estimate of drug-likeness (QED) is 0.813. The van der Waals surface area contributed by atoms with Crippen molar-refractivity contribution in [1.82, 2.24) is 9.80 Å². The highest BCUT2D eigenvalue weighted by Gasteiger charge is 2.21. The number of hydrogen-bond donors (Lipinski definition) is 0. The molecule has 1 aliphatic rings. The van der Waals surface area contributed by atoms with Crippen molar-refractivity contribution in [3.8, 4) is 5.75 Å². The summed E-state index contributed by atoms with van der Waals surface area (Å²) in [6, 6.07) is 21.4. The van der Waals surface area contributed by atoms with E-state index >= 15 is 0 Å². The van der Waals surface area contributed by atoms with Crippen LogP contribution in [0.3, 0.4) is 0 Å². The summed E-state index contributed by atoms with van der Waals surface area (Å²) in [5.41, 5.74) is 1.41. The molecule has 0 aliphatic carbocycles. The lowest BCUT2D eigenvalue weighted by Gasteiger charge is -2.38. The molecular weight excluding hydrogens is 284 g/mol. The van der Waals surface area contributed by atoms with Gasteiger partial charge in [-0.2, -0.15) is 0 Å². The van der Waals surface area contributed by atoms with Crippen LogP contribution in [-0.2, 0) is 0 Å². The Bertz CT molecular complexity index is 565. The summed E-state index contributed by atoms with van der Waals surface area (Å²) in [5, 5.41) is 0. The predicted octanol–water partition coefficient (Wildman–Crippen LogP) is 3.44. The van der Waals surface area contributed by atoms with Gasteiger partial charge in [0, 0.05) is 38.8 Å². The standard InChI is InChI=1S/C20H26N2O/c1-18(19-8-4-2-5-9-19)22-14-12-21(13-15-22)16-17-23-20-10-6-3-7-11-20/h2-11,18H,12-17H2,1H3. The Morgan fingerprint density at radius 3 is 2.13 bits per heavy atom. The highest BCUT2D eigenvalue weighted by Crippen LogP contribution is 2.21. The first-order chi connectivity index (χ1) is 11.3. The van der Waals surface area contributed by atoms with E-state index < -0.39 is 0 Å². The Labute approximate surface area is 139 Å². The van der Waals surface area contributed by atoms with Crippen molar-refractivity contribution in [2.45, 2.75) is 13.0 Å². The summed E-state index contributed by atoms with van der Waals surface area (Å²) in [4.78, 5) is 5.07. The molecule has 23 heavy (non-hydrogen) atoms. The molecule has 0 aromatic heterocycles. The molecule has 0 radical (unpaired) electrons. The lowest BCUT2D eigenvalue weighted by Crippen LogP contribution is -2.48. The van der Waals surface area contributed by atoms with Gasteiger partial charge in [-0.15, -0.1) is 0 Å². The summed E-state index contributed by atoms with van der Waals surface area (Å²) >= 11 is 0. The zero-order chi connectivity index (χ0) is 15.9. The largest absolute Gasteiger partial charge is 0.492 e. The van der Waals surface area contributed by atoms with Crippen LogP contribution in [0.1, 0.15) is 18.5 Å². The highest BCUT2D eigenvalue weighted by atomic mass is 16.5. The van der Waals surface area contributed by atoms with Gasteiger partial charge in [-0.1, -0.05) is 48.5 Å². The van der Waals surface area contributed by atoms with Gasteiger partial charge in [0.05, 0.1) is 0 Å². The molecule has 3 heteroatoms. The summed E-state index contributed by atoms with van der Waals surface area (Å²) in [6.07, 6.45) is 0. The zero-order valence-corrected chi connectivity index (χ0v) is 13.9. The summed E-state index contributed by atoms with van der Waals surface area (Å²) in [6.45, 7) is 8.57. The second kappa shape index (κ2) is 8.14. The van der Waals surface area contributed by atoms with Gasteiger partial charge in [-0.3, -0.25) is 9.80 Å². The molecule has 0 amide bonds. The minimum Gasteiger partial charge on any atom is -0.492 e. The first-order valence-corrected chi connectivity index (χ1v) is 8.52. The van der Waals surface area contributed by atoms with E-state index in [1.165, 1.54) is 5.56 Å². The van der Waals surface area contributed by atoms with Crippen LogP contribution in [-0.4, -0.2) is 49.1 Å². The average molecular weight is 310 g/mol. The maximum absolute atomic E-state index is 5.80. The SMILES string of the molecule is CC(c1ccccc1)N1CCN(CCOc2ccccc2)CC1. The van der Waals surface area contributed by atoms with Crippen molar-refractivity contribution >= 4 is 0 Å². The maximum Gasteiger partial charge on any atom is 0.119 e. The van der Waals surface area contributed by atoms with Crippen molar-refractivity contribution in [2.24, 2.45) is 0 Å². The molecule has 2 aromatic rings. The Morgan fingerprint density at radius 2 is 1.48 bits per heavy atom. The fourth-order valence-electron chi connectivity index (χ4n) is 3.13. The second-order valence-electron chi connectivity index (χ2n) is 6.13. The van der Waals surface area contributed by atoms with Crippen LogP contribution in [0.15, 0.2) is 60.7 Å². The number of ether oxygens (including phenoxy) is 1. The summed E-state index contributed by atoms with van der Waals surface area (Å²) in [7, 11) is 0. The molecule has 1 fully saturated rings. The monoisotopic (exact) mass is 310 g/mol. The normalized spacial score (nSPS) is 17.8. The fraction of sp³-hybridized carbons (Fsp3) is 0.400. The molecule has 122 valence electrons. The lowest BCUT2D eigenvalue weighted by atomic mass is 10.1. The number of piperazine rings is 1. The van der Waals surface area contributed by atoms with Crippen molar-refractivity contribution in [1.29, 1.82) is 0 Å². The van der Waals surface area contributed by atoms with Crippen LogP contribution in [0.25, 0.3) is 0 Å². The number of nitrogens with zero attached hydrogens (tertiary/aromatic N) is 2. The first kappa shape index (κ1) is 16.0. The Morgan fingerprint density at radius 1 is 0.870 bits per heavy atom. The fourth-order valence-corrected chi connectivity index (χ4v) is 3.13. The minimum absolute atomic E-state index is 0.499. The number of benzene rings is 2. The second-order valence-corrected chi connectivity index (χ2v) is 6.13. The van der Waals surface area contributed by atoms with Gasteiger partial charge in [0.2, 0.25) is 0 Å². The van der Waals surface area contributed by atoms with Crippen molar-refractivity contribution < 1.29 is 4.74 Å². The molecule has 1 unspecified atom stereocenters. The Balaban J connectivity index is 1.40. The third kappa shape index (κ3) is 4.57. The molecule has 1 aliphatic heterocycles. The van der Waals surface area contributed by atoms with E-state index in [2.05, 4.69) is 47.1 Å². The molecule has 3 nitrogen and oxygen atoms in total. The van der Waals surface area contributed by atoms with Crippen LogP contribution in [0, 0.1) is 0 Å². The number of hydrogen-bond acceptors (Lipinski definition) is 3. The smallest absolute Gasteiger partial charge is 0.119 e. The minimum atomic E-state index is 0.499. The van der Waals surface area contributed by atoms with Crippen molar-refractivity contribution in [3.05, 3.63) is 66.2 Å². The predicted molar refractivity (Wildman–Crippen MR) is 94.8 cm³/mol. The van der Waals surface area contributed by atoms with Gasteiger partial charge in [-0.25, -0.2) is 0 Å². The molecule has 1 saturated heterocycles. The van der Waals surface area contributed by atoms with E-state index in [1.807, 2.05) is 30.3 Å². The molecule has 3 rings (SSSR count). The van der Waals surface area contributed by atoms with E-state index in [4.69, 9.17) is 4.74 Å². The van der Waals surface area contributed by atoms with Gasteiger partial charge in [0.1, 0.15) is 12.4 Å². The molecule has 0 saturated carbocycles. The van der Waals surface area contributed by atoms with Gasteiger partial charge >= 0.3 is 0 Å². The molecule has 1 atom stereocenters. The van der Waals surface area contributed by atoms with Crippen molar-refractivity contribution in [3.63, 3.8) is 0 Å². The Hall–Kier alpha value is -1.84. The van der Waals surface area contributed by atoms with Gasteiger partial charge in [0.15, 0.2) is 0 Å².